The zero-order chi connectivity index (χ0) is 13.1. The lowest BCUT2D eigenvalue weighted by Gasteiger charge is -2.30. The van der Waals surface area contributed by atoms with Gasteiger partial charge >= 0.3 is 5.97 Å². The maximum absolute atomic E-state index is 11.3. The highest BCUT2D eigenvalue weighted by Gasteiger charge is 2.35. The zero-order valence-corrected chi connectivity index (χ0v) is 11.1. The van der Waals surface area contributed by atoms with Gasteiger partial charge in [0.2, 0.25) is 0 Å². The van der Waals surface area contributed by atoms with Crippen molar-refractivity contribution in [3.8, 4) is 0 Å². The quantitative estimate of drug-likeness (QED) is 0.851. The number of carboxylic acids is 1. The van der Waals surface area contributed by atoms with Crippen LogP contribution in [0.4, 0.5) is 0 Å². The largest absolute Gasteiger partial charge is 0.480 e. The Kier molecular flexibility index (Phi) is 4.54. The van der Waals surface area contributed by atoms with Gasteiger partial charge < -0.3 is 5.11 Å². The second kappa shape index (κ2) is 5.52. The molecule has 0 unspecified atom stereocenters. The van der Waals surface area contributed by atoms with Gasteiger partial charge in [-0.15, -0.1) is 0 Å². The van der Waals surface area contributed by atoms with Gasteiger partial charge in [0.15, 0.2) is 0 Å². The summed E-state index contributed by atoms with van der Waals surface area (Å²) in [6.07, 6.45) is 0. The van der Waals surface area contributed by atoms with Crippen molar-refractivity contribution in [2.75, 3.05) is 0 Å². The van der Waals surface area contributed by atoms with Gasteiger partial charge in [0.25, 0.3) is 0 Å². The number of aliphatic carboxylic acids is 1. The maximum Gasteiger partial charge on any atom is 0.323 e. The SMILES string of the molecule is CC(C)[C@@](C)(NCc1ccc(Cl)cc1)C(=O)O. The maximum atomic E-state index is 11.3. The molecule has 0 bridgehead atoms. The van der Waals surface area contributed by atoms with Crippen LogP contribution >= 0.6 is 11.6 Å². The van der Waals surface area contributed by atoms with Crippen molar-refractivity contribution in [2.45, 2.75) is 32.9 Å². The molecule has 0 aliphatic rings. The molecule has 1 aromatic carbocycles. The van der Waals surface area contributed by atoms with E-state index in [0.717, 1.165) is 5.56 Å². The van der Waals surface area contributed by atoms with Crippen molar-refractivity contribution < 1.29 is 9.90 Å². The third kappa shape index (κ3) is 3.45. The Morgan fingerprint density at radius 3 is 2.35 bits per heavy atom. The highest BCUT2D eigenvalue weighted by atomic mass is 35.5. The lowest BCUT2D eigenvalue weighted by Crippen LogP contribution is -2.53. The molecule has 3 nitrogen and oxygen atoms in total. The molecule has 0 fully saturated rings. The van der Waals surface area contributed by atoms with E-state index in [1.54, 1.807) is 19.1 Å². The average Bonchev–Trinajstić information content (AvgIpc) is 2.27. The summed E-state index contributed by atoms with van der Waals surface area (Å²) in [7, 11) is 0. The topological polar surface area (TPSA) is 49.3 Å². The fraction of sp³-hybridized carbons (Fsp3) is 0.462. The predicted molar refractivity (Wildman–Crippen MR) is 69.2 cm³/mol. The lowest BCUT2D eigenvalue weighted by molar-refractivity contribution is -0.146. The van der Waals surface area contributed by atoms with Gasteiger partial charge in [0.1, 0.15) is 5.54 Å². The van der Waals surface area contributed by atoms with Gasteiger partial charge in [-0.1, -0.05) is 37.6 Å². The molecule has 4 heteroatoms. The first-order valence-electron chi connectivity index (χ1n) is 5.59. The van der Waals surface area contributed by atoms with Crippen LogP contribution in [-0.2, 0) is 11.3 Å². The molecule has 2 N–H and O–H groups in total. The third-order valence-corrected chi connectivity index (χ3v) is 3.42. The molecule has 0 aliphatic heterocycles. The summed E-state index contributed by atoms with van der Waals surface area (Å²) < 4.78 is 0. The second-order valence-electron chi connectivity index (χ2n) is 4.64. The molecule has 0 aromatic heterocycles. The van der Waals surface area contributed by atoms with E-state index in [2.05, 4.69) is 5.32 Å². The van der Waals surface area contributed by atoms with Crippen molar-refractivity contribution in [1.82, 2.24) is 5.32 Å². The number of hydrogen-bond donors (Lipinski definition) is 2. The molecule has 0 amide bonds. The molecular formula is C13H18ClNO2. The van der Waals surface area contributed by atoms with Gasteiger partial charge in [0, 0.05) is 11.6 Å². The molecule has 1 aromatic rings. The zero-order valence-electron chi connectivity index (χ0n) is 10.3. The molecular weight excluding hydrogens is 238 g/mol. The van der Waals surface area contributed by atoms with E-state index in [1.165, 1.54) is 0 Å². The van der Waals surface area contributed by atoms with Gasteiger partial charge in [0.05, 0.1) is 0 Å². The van der Waals surface area contributed by atoms with Crippen LogP contribution in [0.2, 0.25) is 5.02 Å². The minimum Gasteiger partial charge on any atom is -0.480 e. The van der Waals surface area contributed by atoms with Crippen molar-refractivity contribution in [3.63, 3.8) is 0 Å². The monoisotopic (exact) mass is 255 g/mol. The molecule has 0 saturated carbocycles. The van der Waals surface area contributed by atoms with Crippen LogP contribution in [0.5, 0.6) is 0 Å². The van der Waals surface area contributed by atoms with Gasteiger partial charge in [-0.05, 0) is 30.5 Å². The number of rotatable bonds is 5. The summed E-state index contributed by atoms with van der Waals surface area (Å²) >= 11 is 5.79. The summed E-state index contributed by atoms with van der Waals surface area (Å²) in [6, 6.07) is 7.37. The van der Waals surface area contributed by atoms with Gasteiger partial charge in [-0.25, -0.2) is 0 Å². The van der Waals surface area contributed by atoms with Crippen LogP contribution in [0.25, 0.3) is 0 Å². The molecule has 1 atom stereocenters. The van der Waals surface area contributed by atoms with Crippen LogP contribution in [0.3, 0.4) is 0 Å². The number of nitrogens with one attached hydrogen (secondary N) is 1. The highest BCUT2D eigenvalue weighted by molar-refractivity contribution is 6.30. The molecule has 0 aliphatic carbocycles. The minimum absolute atomic E-state index is 0.00676. The van der Waals surface area contributed by atoms with Crippen LogP contribution in [-0.4, -0.2) is 16.6 Å². The summed E-state index contributed by atoms with van der Waals surface area (Å²) in [6.45, 7) is 6.00. The Morgan fingerprint density at radius 2 is 1.94 bits per heavy atom. The first-order chi connectivity index (χ1) is 7.86. The van der Waals surface area contributed by atoms with Gasteiger partial charge in [-0.2, -0.15) is 0 Å². The molecule has 0 heterocycles. The summed E-state index contributed by atoms with van der Waals surface area (Å²) in [5.74, 6) is -0.825. The number of carbonyl (C=O) groups is 1. The molecule has 0 saturated heterocycles. The predicted octanol–water partition coefficient (Wildman–Crippen LogP) is 2.93. The molecule has 1 rings (SSSR count). The van der Waals surface area contributed by atoms with Crippen LogP contribution in [0.1, 0.15) is 26.3 Å². The Morgan fingerprint density at radius 1 is 1.41 bits per heavy atom. The summed E-state index contributed by atoms with van der Waals surface area (Å²) in [5, 5.41) is 13.0. The molecule has 0 radical (unpaired) electrons. The van der Waals surface area contributed by atoms with E-state index in [4.69, 9.17) is 11.6 Å². The van der Waals surface area contributed by atoms with Crippen LogP contribution in [0, 0.1) is 5.92 Å². The molecule has 17 heavy (non-hydrogen) atoms. The van der Waals surface area contributed by atoms with Crippen molar-refractivity contribution in [1.29, 1.82) is 0 Å². The fourth-order valence-electron chi connectivity index (χ4n) is 1.41. The van der Waals surface area contributed by atoms with E-state index < -0.39 is 11.5 Å². The fourth-order valence-corrected chi connectivity index (χ4v) is 1.54. The Balaban J connectivity index is 2.71. The lowest BCUT2D eigenvalue weighted by atomic mass is 9.88. The van der Waals surface area contributed by atoms with Crippen molar-refractivity contribution in [3.05, 3.63) is 34.9 Å². The number of hydrogen-bond acceptors (Lipinski definition) is 2. The Hall–Kier alpha value is -1.06. The standard InChI is InChI=1S/C13H18ClNO2/c1-9(2)13(3,12(16)17)15-8-10-4-6-11(14)7-5-10/h4-7,9,15H,8H2,1-3H3,(H,16,17)/t13-/m1/s1. The number of carboxylic acid groups (broad SMARTS) is 1. The number of benzene rings is 1. The van der Waals surface area contributed by atoms with Gasteiger partial charge in [-0.3, -0.25) is 10.1 Å². The van der Waals surface area contributed by atoms with E-state index in [1.807, 2.05) is 26.0 Å². The first kappa shape index (κ1) is 14.0. The molecule has 94 valence electrons. The first-order valence-corrected chi connectivity index (χ1v) is 5.97. The second-order valence-corrected chi connectivity index (χ2v) is 5.08. The third-order valence-electron chi connectivity index (χ3n) is 3.17. The Labute approximate surface area is 107 Å². The van der Waals surface area contributed by atoms with Crippen LogP contribution in [0.15, 0.2) is 24.3 Å². The van der Waals surface area contributed by atoms with Crippen molar-refractivity contribution in [2.24, 2.45) is 5.92 Å². The number of halogens is 1. The van der Waals surface area contributed by atoms with E-state index in [9.17, 15) is 9.90 Å². The average molecular weight is 256 g/mol. The summed E-state index contributed by atoms with van der Waals surface area (Å²) in [5.41, 5.74) is 0.0992. The van der Waals surface area contributed by atoms with E-state index >= 15 is 0 Å². The minimum atomic E-state index is -0.917. The smallest absolute Gasteiger partial charge is 0.323 e. The Bertz CT molecular complexity index is 389. The highest BCUT2D eigenvalue weighted by Crippen LogP contribution is 2.18. The van der Waals surface area contributed by atoms with E-state index in [-0.39, 0.29) is 5.92 Å². The molecule has 0 spiro atoms. The summed E-state index contributed by atoms with van der Waals surface area (Å²) in [4.78, 5) is 11.3. The van der Waals surface area contributed by atoms with Crippen LogP contribution < -0.4 is 5.32 Å². The normalized spacial score (nSPS) is 14.6. The van der Waals surface area contributed by atoms with E-state index in [0.29, 0.717) is 11.6 Å². The van der Waals surface area contributed by atoms with Crippen molar-refractivity contribution >= 4 is 17.6 Å².